The molecule has 0 saturated carbocycles. The van der Waals surface area contributed by atoms with Gasteiger partial charge in [0.2, 0.25) is 0 Å². The Balaban J connectivity index is 2.53. The molecule has 0 aliphatic rings. The molecule has 1 aromatic rings. The zero-order chi connectivity index (χ0) is 12.0. The van der Waals surface area contributed by atoms with Crippen molar-refractivity contribution in [1.29, 1.82) is 0 Å². The minimum Gasteiger partial charge on any atom is -0.489 e. The van der Waals surface area contributed by atoms with Crippen LogP contribution in [0.15, 0.2) is 18.2 Å². The van der Waals surface area contributed by atoms with E-state index in [0.29, 0.717) is 22.6 Å². The first-order valence-corrected chi connectivity index (χ1v) is 5.02. The van der Waals surface area contributed by atoms with Crippen molar-refractivity contribution in [3.63, 3.8) is 0 Å². The minimum atomic E-state index is -0.365. The van der Waals surface area contributed by atoms with Gasteiger partial charge >= 0.3 is 5.97 Å². The van der Waals surface area contributed by atoms with Gasteiger partial charge in [0.25, 0.3) is 0 Å². The molecule has 86 valence electrons. The molecule has 0 radical (unpaired) electrons. The molecule has 0 aliphatic carbocycles. The summed E-state index contributed by atoms with van der Waals surface area (Å²) in [6, 6.07) is 4.73. The third-order valence-electron chi connectivity index (χ3n) is 1.75. The molecule has 1 rings (SSSR count). The smallest absolute Gasteiger partial charge is 0.302 e. The largest absolute Gasteiger partial charge is 0.489 e. The van der Waals surface area contributed by atoms with Crippen LogP contribution < -0.4 is 4.74 Å². The number of halogens is 1. The van der Waals surface area contributed by atoms with Crippen molar-refractivity contribution in [2.24, 2.45) is 0 Å². The highest BCUT2D eigenvalue weighted by Crippen LogP contribution is 2.21. The van der Waals surface area contributed by atoms with Gasteiger partial charge in [0.1, 0.15) is 19.0 Å². The Hall–Kier alpha value is -1.55. The van der Waals surface area contributed by atoms with E-state index in [0.717, 1.165) is 0 Å². The zero-order valence-corrected chi connectivity index (χ0v) is 9.49. The van der Waals surface area contributed by atoms with Crippen LogP contribution in [-0.2, 0) is 9.53 Å². The zero-order valence-electron chi connectivity index (χ0n) is 8.73. The number of aldehydes is 1. The average Bonchev–Trinajstić information content (AvgIpc) is 2.25. The van der Waals surface area contributed by atoms with Crippen LogP contribution in [0.2, 0.25) is 5.02 Å². The Labute approximate surface area is 98.1 Å². The molecule has 0 atom stereocenters. The van der Waals surface area contributed by atoms with E-state index >= 15 is 0 Å². The summed E-state index contributed by atoms with van der Waals surface area (Å²) in [6.45, 7) is 1.66. The van der Waals surface area contributed by atoms with E-state index < -0.39 is 0 Å². The van der Waals surface area contributed by atoms with Gasteiger partial charge in [-0.2, -0.15) is 0 Å². The van der Waals surface area contributed by atoms with Crippen molar-refractivity contribution in [1.82, 2.24) is 0 Å². The second-order valence-electron chi connectivity index (χ2n) is 2.99. The number of hydrogen-bond donors (Lipinski definition) is 0. The lowest BCUT2D eigenvalue weighted by Gasteiger charge is -2.08. The van der Waals surface area contributed by atoms with Gasteiger partial charge in [-0.25, -0.2) is 0 Å². The molecule has 0 aliphatic heterocycles. The van der Waals surface area contributed by atoms with Crippen molar-refractivity contribution in [3.8, 4) is 5.75 Å². The van der Waals surface area contributed by atoms with Crippen LogP contribution in [0.5, 0.6) is 5.75 Å². The van der Waals surface area contributed by atoms with Crippen molar-refractivity contribution in [2.45, 2.75) is 6.92 Å². The molecule has 0 aromatic heterocycles. The van der Waals surface area contributed by atoms with Gasteiger partial charge in [0.05, 0.1) is 5.56 Å². The number of ether oxygens (including phenoxy) is 2. The fourth-order valence-electron chi connectivity index (χ4n) is 1.08. The topological polar surface area (TPSA) is 52.6 Å². The van der Waals surface area contributed by atoms with E-state index in [9.17, 15) is 9.59 Å². The van der Waals surface area contributed by atoms with Crippen LogP contribution in [0.25, 0.3) is 0 Å². The molecular formula is C11H11ClO4. The van der Waals surface area contributed by atoms with Crippen molar-refractivity contribution in [3.05, 3.63) is 28.8 Å². The Kier molecular flexibility index (Phi) is 4.79. The highest BCUT2D eigenvalue weighted by Gasteiger charge is 2.03. The fraction of sp³-hybridized carbons (Fsp3) is 0.273. The van der Waals surface area contributed by atoms with E-state index in [1.165, 1.54) is 13.0 Å². The molecule has 0 N–H and O–H groups in total. The average molecular weight is 243 g/mol. The Morgan fingerprint density at radius 3 is 2.81 bits per heavy atom. The first-order valence-electron chi connectivity index (χ1n) is 4.64. The van der Waals surface area contributed by atoms with Crippen LogP contribution in [0.4, 0.5) is 0 Å². The predicted octanol–water partition coefficient (Wildman–Crippen LogP) is 2.09. The van der Waals surface area contributed by atoms with Gasteiger partial charge in [0, 0.05) is 11.9 Å². The molecule has 4 nitrogen and oxygen atoms in total. The molecule has 0 heterocycles. The highest BCUT2D eigenvalue weighted by atomic mass is 35.5. The van der Waals surface area contributed by atoms with E-state index in [2.05, 4.69) is 4.74 Å². The Bertz CT molecular complexity index is 390. The quantitative estimate of drug-likeness (QED) is 0.451. The minimum absolute atomic E-state index is 0.149. The molecule has 5 heteroatoms. The SMILES string of the molecule is CC(=O)OCCOc1ccc(Cl)cc1C=O. The molecular weight excluding hydrogens is 232 g/mol. The predicted molar refractivity (Wildman–Crippen MR) is 59.0 cm³/mol. The lowest BCUT2D eigenvalue weighted by Crippen LogP contribution is -2.10. The first-order chi connectivity index (χ1) is 7.63. The lowest BCUT2D eigenvalue weighted by atomic mass is 10.2. The maximum Gasteiger partial charge on any atom is 0.302 e. The standard InChI is InChI=1S/C11H11ClO4/c1-8(14)15-4-5-16-11-3-2-10(12)6-9(11)7-13/h2-3,6-7H,4-5H2,1H3. The van der Waals surface area contributed by atoms with Gasteiger partial charge in [-0.3, -0.25) is 9.59 Å². The Morgan fingerprint density at radius 1 is 1.44 bits per heavy atom. The summed E-state index contributed by atoms with van der Waals surface area (Å²) in [6.07, 6.45) is 0.660. The maximum absolute atomic E-state index is 10.7. The van der Waals surface area contributed by atoms with E-state index in [4.69, 9.17) is 16.3 Å². The summed E-state index contributed by atoms with van der Waals surface area (Å²) >= 11 is 5.71. The molecule has 16 heavy (non-hydrogen) atoms. The third kappa shape index (κ3) is 3.90. The molecule has 0 bridgehead atoms. The molecule has 0 unspecified atom stereocenters. The van der Waals surface area contributed by atoms with Crippen LogP contribution in [0.1, 0.15) is 17.3 Å². The van der Waals surface area contributed by atoms with Crippen LogP contribution >= 0.6 is 11.6 Å². The fourth-order valence-corrected chi connectivity index (χ4v) is 1.26. The summed E-state index contributed by atoms with van der Waals surface area (Å²) in [7, 11) is 0. The van der Waals surface area contributed by atoms with E-state index in [1.54, 1.807) is 12.1 Å². The number of carbonyl (C=O) groups is 2. The van der Waals surface area contributed by atoms with Crippen LogP contribution in [-0.4, -0.2) is 25.5 Å². The van der Waals surface area contributed by atoms with Crippen molar-refractivity contribution in [2.75, 3.05) is 13.2 Å². The molecule has 0 amide bonds. The molecule has 0 fully saturated rings. The molecule has 1 aromatic carbocycles. The van der Waals surface area contributed by atoms with Crippen molar-refractivity contribution >= 4 is 23.9 Å². The normalized spacial score (nSPS) is 9.62. The highest BCUT2D eigenvalue weighted by molar-refractivity contribution is 6.30. The van der Waals surface area contributed by atoms with Crippen LogP contribution in [0.3, 0.4) is 0 Å². The summed E-state index contributed by atoms with van der Waals surface area (Å²) < 4.78 is 9.95. The summed E-state index contributed by atoms with van der Waals surface area (Å²) in [5.74, 6) is 0.0573. The van der Waals surface area contributed by atoms with Gasteiger partial charge in [-0.1, -0.05) is 11.6 Å². The van der Waals surface area contributed by atoms with E-state index in [1.807, 2.05) is 0 Å². The maximum atomic E-state index is 10.7. The third-order valence-corrected chi connectivity index (χ3v) is 1.98. The second-order valence-corrected chi connectivity index (χ2v) is 3.42. The number of carbonyl (C=O) groups excluding carboxylic acids is 2. The number of benzene rings is 1. The van der Waals surface area contributed by atoms with Gasteiger partial charge < -0.3 is 9.47 Å². The Morgan fingerprint density at radius 2 is 2.19 bits per heavy atom. The first kappa shape index (κ1) is 12.5. The molecule has 0 spiro atoms. The van der Waals surface area contributed by atoms with Gasteiger partial charge in [-0.15, -0.1) is 0 Å². The number of rotatable bonds is 5. The van der Waals surface area contributed by atoms with Gasteiger partial charge in [-0.05, 0) is 18.2 Å². The summed E-state index contributed by atoms with van der Waals surface area (Å²) in [5.41, 5.74) is 0.371. The lowest BCUT2D eigenvalue weighted by molar-refractivity contribution is -0.141. The van der Waals surface area contributed by atoms with E-state index in [-0.39, 0.29) is 19.2 Å². The second kappa shape index (κ2) is 6.12. The summed E-state index contributed by atoms with van der Waals surface area (Å²) in [5, 5.41) is 0.467. The van der Waals surface area contributed by atoms with Crippen LogP contribution in [0, 0.1) is 0 Å². The monoisotopic (exact) mass is 242 g/mol. The van der Waals surface area contributed by atoms with Gasteiger partial charge in [0.15, 0.2) is 6.29 Å². The number of esters is 1. The number of hydrogen-bond acceptors (Lipinski definition) is 4. The van der Waals surface area contributed by atoms with Crippen molar-refractivity contribution < 1.29 is 19.1 Å². The molecule has 0 saturated heterocycles. The summed E-state index contributed by atoms with van der Waals surface area (Å²) in [4.78, 5) is 21.2.